The number of rotatable bonds is 1. The monoisotopic (exact) mass is 252 g/mol. The summed E-state index contributed by atoms with van der Waals surface area (Å²) in [5.74, 6) is -0.0555. The van der Waals surface area contributed by atoms with E-state index in [1.807, 2.05) is 6.08 Å². The molecule has 4 nitrogen and oxygen atoms in total. The second-order valence-electron chi connectivity index (χ2n) is 6.62. The standard InChI is InChI=1S/C14H20O4/c1-13(2)5-8-4-9(11(15)17-3)10-6-18-12(16)14(8,10)7-13/h4,8,10,12,16H,5-7H2,1-3H3/t8-,10+,12+,14-/m1/s1. The molecular weight excluding hydrogens is 232 g/mol. The Morgan fingerprint density at radius 2 is 2.28 bits per heavy atom. The van der Waals surface area contributed by atoms with Crippen LogP contribution >= 0.6 is 0 Å². The second-order valence-corrected chi connectivity index (χ2v) is 6.62. The van der Waals surface area contributed by atoms with Crippen molar-refractivity contribution < 1.29 is 19.4 Å². The SMILES string of the molecule is COC(=O)C1=C[C@@H]2CC(C)(C)C[C@@]23[C@@H](O)OC[C@@H]13. The van der Waals surface area contributed by atoms with Crippen molar-refractivity contribution in [2.24, 2.45) is 22.7 Å². The van der Waals surface area contributed by atoms with Crippen LogP contribution in [0.3, 0.4) is 0 Å². The first kappa shape index (κ1) is 12.2. The average Bonchev–Trinajstić information content (AvgIpc) is 2.84. The maximum absolute atomic E-state index is 11.8. The number of carbonyl (C=O) groups is 1. The van der Waals surface area contributed by atoms with Gasteiger partial charge in [-0.05, 0) is 24.2 Å². The summed E-state index contributed by atoms with van der Waals surface area (Å²) < 4.78 is 10.3. The molecule has 100 valence electrons. The second kappa shape index (κ2) is 3.58. The van der Waals surface area contributed by atoms with E-state index < -0.39 is 6.29 Å². The molecule has 1 N–H and O–H groups in total. The van der Waals surface area contributed by atoms with Gasteiger partial charge in [0.15, 0.2) is 6.29 Å². The quantitative estimate of drug-likeness (QED) is 0.718. The highest BCUT2D eigenvalue weighted by Crippen LogP contribution is 2.66. The minimum absolute atomic E-state index is 0.00766. The zero-order chi connectivity index (χ0) is 13.1. The molecule has 0 aromatic carbocycles. The number of esters is 1. The number of carbonyl (C=O) groups excluding carboxylic acids is 1. The predicted octanol–water partition coefficient (Wildman–Crippen LogP) is 1.49. The Hall–Kier alpha value is -0.870. The van der Waals surface area contributed by atoms with Gasteiger partial charge >= 0.3 is 5.97 Å². The number of hydrogen-bond acceptors (Lipinski definition) is 4. The maximum atomic E-state index is 11.8. The third-order valence-corrected chi connectivity index (χ3v) is 4.95. The summed E-state index contributed by atoms with van der Waals surface area (Å²) >= 11 is 0. The molecule has 3 aliphatic rings. The molecule has 1 saturated heterocycles. The lowest BCUT2D eigenvalue weighted by Crippen LogP contribution is -2.37. The number of allylic oxidation sites excluding steroid dienone is 1. The van der Waals surface area contributed by atoms with Crippen molar-refractivity contribution >= 4 is 5.97 Å². The molecule has 2 fully saturated rings. The van der Waals surface area contributed by atoms with Gasteiger partial charge in [0.05, 0.1) is 13.7 Å². The Morgan fingerprint density at radius 1 is 1.56 bits per heavy atom. The molecule has 4 heteroatoms. The molecule has 0 radical (unpaired) electrons. The van der Waals surface area contributed by atoms with E-state index in [4.69, 9.17) is 9.47 Å². The molecule has 1 heterocycles. The van der Waals surface area contributed by atoms with Crippen LogP contribution in [0.4, 0.5) is 0 Å². The number of hydrogen-bond donors (Lipinski definition) is 1. The predicted molar refractivity (Wildman–Crippen MR) is 64.5 cm³/mol. The van der Waals surface area contributed by atoms with E-state index in [9.17, 15) is 9.90 Å². The highest BCUT2D eigenvalue weighted by molar-refractivity contribution is 5.90. The van der Waals surface area contributed by atoms with E-state index in [0.29, 0.717) is 12.2 Å². The zero-order valence-electron chi connectivity index (χ0n) is 11.1. The van der Waals surface area contributed by atoms with E-state index in [1.54, 1.807) is 0 Å². The molecular formula is C14H20O4. The fraction of sp³-hybridized carbons (Fsp3) is 0.786. The Bertz CT molecular complexity index is 426. The van der Waals surface area contributed by atoms with E-state index in [-0.39, 0.29) is 28.6 Å². The van der Waals surface area contributed by atoms with Crippen LogP contribution in [0.15, 0.2) is 11.6 Å². The van der Waals surface area contributed by atoms with Crippen LogP contribution in [0.2, 0.25) is 0 Å². The largest absolute Gasteiger partial charge is 0.466 e. The Labute approximate surface area is 107 Å². The van der Waals surface area contributed by atoms with Crippen molar-refractivity contribution in [3.8, 4) is 0 Å². The average molecular weight is 252 g/mol. The topological polar surface area (TPSA) is 55.8 Å². The van der Waals surface area contributed by atoms with Crippen molar-refractivity contribution in [1.82, 2.24) is 0 Å². The summed E-state index contributed by atoms with van der Waals surface area (Å²) in [7, 11) is 1.40. The summed E-state index contributed by atoms with van der Waals surface area (Å²) in [5, 5.41) is 10.3. The maximum Gasteiger partial charge on any atom is 0.333 e. The minimum Gasteiger partial charge on any atom is -0.466 e. The summed E-state index contributed by atoms with van der Waals surface area (Å²) in [6, 6.07) is 0. The van der Waals surface area contributed by atoms with Crippen LogP contribution in [0, 0.1) is 22.7 Å². The van der Waals surface area contributed by atoms with Gasteiger partial charge in [0.25, 0.3) is 0 Å². The van der Waals surface area contributed by atoms with Gasteiger partial charge < -0.3 is 14.6 Å². The first-order valence-electron chi connectivity index (χ1n) is 6.50. The molecule has 0 aromatic heterocycles. The lowest BCUT2D eigenvalue weighted by Gasteiger charge is -2.33. The first-order valence-corrected chi connectivity index (χ1v) is 6.50. The molecule has 1 spiro atoms. The molecule has 3 rings (SSSR count). The third kappa shape index (κ3) is 1.36. The summed E-state index contributed by atoms with van der Waals surface area (Å²) in [6.07, 6.45) is 3.15. The van der Waals surface area contributed by atoms with Crippen molar-refractivity contribution in [1.29, 1.82) is 0 Å². The number of methoxy groups -OCH3 is 1. The van der Waals surface area contributed by atoms with Crippen molar-refractivity contribution in [2.45, 2.75) is 33.0 Å². The fourth-order valence-electron chi connectivity index (χ4n) is 4.39. The molecule has 4 atom stereocenters. The molecule has 1 aliphatic heterocycles. The van der Waals surface area contributed by atoms with Gasteiger partial charge in [-0.2, -0.15) is 0 Å². The van der Waals surface area contributed by atoms with E-state index in [0.717, 1.165) is 12.8 Å². The van der Waals surface area contributed by atoms with Crippen LogP contribution in [0.25, 0.3) is 0 Å². The molecule has 0 aromatic rings. The van der Waals surface area contributed by atoms with Crippen molar-refractivity contribution in [3.63, 3.8) is 0 Å². The summed E-state index contributed by atoms with van der Waals surface area (Å²) in [6.45, 7) is 4.86. The smallest absolute Gasteiger partial charge is 0.333 e. The van der Waals surface area contributed by atoms with Gasteiger partial charge in [-0.3, -0.25) is 0 Å². The molecule has 18 heavy (non-hydrogen) atoms. The van der Waals surface area contributed by atoms with E-state index >= 15 is 0 Å². The van der Waals surface area contributed by atoms with Crippen LogP contribution in [0.1, 0.15) is 26.7 Å². The van der Waals surface area contributed by atoms with Crippen molar-refractivity contribution in [2.75, 3.05) is 13.7 Å². The highest BCUT2D eigenvalue weighted by atomic mass is 16.6. The Balaban J connectivity index is 2.02. The van der Waals surface area contributed by atoms with E-state index in [1.165, 1.54) is 7.11 Å². The van der Waals surface area contributed by atoms with Gasteiger partial charge in [0, 0.05) is 16.9 Å². The molecule has 1 saturated carbocycles. The van der Waals surface area contributed by atoms with Gasteiger partial charge in [-0.1, -0.05) is 19.9 Å². The van der Waals surface area contributed by atoms with Crippen LogP contribution in [-0.2, 0) is 14.3 Å². The minimum atomic E-state index is -0.757. The molecule has 0 unspecified atom stereocenters. The van der Waals surface area contributed by atoms with Crippen LogP contribution in [0.5, 0.6) is 0 Å². The van der Waals surface area contributed by atoms with Crippen LogP contribution in [-0.4, -0.2) is 31.1 Å². The highest BCUT2D eigenvalue weighted by Gasteiger charge is 2.66. The van der Waals surface area contributed by atoms with Crippen molar-refractivity contribution in [3.05, 3.63) is 11.6 Å². The van der Waals surface area contributed by atoms with Gasteiger partial charge in [-0.15, -0.1) is 0 Å². The Kier molecular flexibility index (Phi) is 2.42. The summed E-state index contributed by atoms with van der Waals surface area (Å²) in [4.78, 5) is 11.8. The third-order valence-electron chi connectivity index (χ3n) is 4.95. The normalized spacial score (nSPS) is 44.4. The van der Waals surface area contributed by atoms with E-state index in [2.05, 4.69) is 13.8 Å². The lowest BCUT2D eigenvalue weighted by molar-refractivity contribution is -0.137. The zero-order valence-corrected chi connectivity index (χ0v) is 11.1. The van der Waals surface area contributed by atoms with Gasteiger partial charge in [0.2, 0.25) is 0 Å². The Morgan fingerprint density at radius 3 is 2.94 bits per heavy atom. The first-order chi connectivity index (χ1) is 8.40. The number of aliphatic hydroxyl groups excluding tert-OH is 1. The molecule has 2 aliphatic carbocycles. The number of aliphatic hydroxyl groups is 1. The van der Waals surface area contributed by atoms with Gasteiger partial charge in [-0.25, -0.2) is 4.79 Å². The lowest BCUT2D eigenvalue weighted by atomic mass is 9.71. The van der Waals surface area contributed by atoms with Gasteiger partial charge in [0.1, 0.15) is 0 Å². The molecule has 0 bridgehead atoms. The number of ether oxygens (including phenoxy) is 2. The molecule has 0 amide bonds. The van der Waals surface area contributed by atoms with Crippen LogP contribution < -0.4 is 0 Å². The summed E-state index contributed by atoms with van der Waals surface area (Å²) in [5.41, 5.74) is 0.595. The fourth-order valence-corrected chi connectivity index (χ4v) is 4.39.